The highest BCUT2D eigenvalue weighted by atomic mass is 16.5. The lowest BCUT2D eigenvalue weighted by molar-refractivity contribution is 0.0624. The standard InChI is InChI=1S/C15H23NO4/c1-6-19-9-10(2)20-13-8-11(14(17)18)7-12(16-13)15(3,4)5/h7-8,10H,6,9H2,1-5H3,(H,17,18). The number of aromatic carboxylic acids is 1. The molecule has 1 N–H and O–H groups in total. The van der Waals surface area contributed by atoms with Crippen LogP contribution in [0.1, 0.15) is 50.7 Å². The average Bonchev–Trinajstić information content (AvgIpc) is 2.34. The summed E-state index contributed by atoms with van der Waals surface area (Å²) >= 11 is 0. The van der Waals surface area contributed by atoms with E-state index in [-0.39, 0.29) is 17.1 Å². The fourth-order valence-electron chi connectivity index (χ4n) is 1.60. The minimum Gasteiger partial charge on any atom is -0.478 e. The van der Waals surface area contributed by atoms with Gasteiger partial charge in [-0.1, -0.05) is 20.8 Å². The molecule has 5 nitrogen and oxygen atoms in total. The monoisotopic (exact) mass is 281 g/mol. The van der Waals surface area contributed by atoms with E-state index in [1.54, 1.807) is 6.07 Å². The molecule has 0 fully saturated rings. The van der Waals surface area contributed by atoms with Gasteiger partial charge in [0.2, 0.25) is 5.88 Å². The minimum atomic E-state index is -0.986. The molecule has 0 aliphatic carbocycles. The normalized spacial score (nSPS) is 13.1. The maximum Gasteiger partial charge on any atom is 0.335 e. The predicted octanol–water partition coefficient (Wildman–Crippen LogP) is 2.88. The first-order valence-corrected chi connectivity index (χ1v) is 6.74. The van der Waals surface area contributed by atoms with Gasteiger partial charge in [-0.15, -0.1) is 0 Å². The van der Waals surface area contributed by atoms with Gasteiger partial charge in [-0.2, -0.15) is 0 Å². The van der Waals surface area contributed by atoms with Gasteiger partial charge in [0, 0.05) is 18.1 Å². The van der Waals surface area contributed by atoms with E-state index < -0.39 is 5.97 Å². The number of aromatic nitrogens is 1. The molecule has 1 rings (SSSR count). The molecule has 5 heteroatoms. The number of ether oxygens (including phenoxy) is 2. The number of rotatable bonds is 6. The van der Waals surface area contributed by atoms with E-state index in [1.165, 1.54) is 6.07 Å². The molecular formula is C15H23NO4. The average molecular weight is 281 g/mol. The van der Waals surface area contributed by atoms with Gasteiger partial charge in [-0.3, -0.25) is 0 Å². The molecule has 0 radical (unpaired) electrons. The van der Waals surface area contributed by atoms with Crippen LogP contribution in [0.5, 0.6) is 5.88 Å². The Morgan fingerprint density at radius 3 is 2.55 bits per heavy atom. The van der Waals surface area contributed by atoms with Crippen molar-refractivity contribution < 1.29 is 19.4 Å². The van der Waals surface area contributed by atoms with E-state index in [2.05, 4.69) is 4.98 Å². The molecule has 0 aliphatic heterocycles. The lowest BCUT2D eigenvalue weighted by Crippen LogP contribution is -2.21. The highest BCUT2D eigenvalue weighted by Crippen LogP contribution is 2.24. The van der Waals surface area contributed by atoms with Crippen LogP contribution in [0.3, 0.4) is 0 Å². The molecular weight excluding hydrogens is 258 g/mol. The maximum atomic E-state index is 11.2. The molecule has 1 unspecified atom stereocenters. The van der Waals surface area contributed by atoms with Crippen LogP contribution in [0.2, 0.25) is 0 Å². The molecule has 1 heterocycles. The third kappa shape index (κ3) is 4.81. The van der Waals surface area contributed by atoms with E-state index in [4.69, 9.17) is 14.6 Å². The smallest absolute Gasteiger partial charge is 0.335 e. The first-order valence-electron chi connectivity index (χ1n) is 6.74. The number of pyridine rings is 1. The Morgan fingerprint density at radius 2 is 2.05 bits per heavy atom. The van der Waals surface area contributed by atoms with Crippen molar-refractivity contribution in [3.8, 4) is 5.88 Å². The van der Waals surface area contributed by atoms with Gasteiger partial charge in [0.1, 0.15) is 6.10 Å². The summed E-state index contributed by atoms with van der Waals surface area (Å²) in [6, 6.07) is 3.03. The first-order chi connectivity index (χ1) is 9.24. The number of carbonyl (C=O) groups is 1. The molecule has 1 atom stereocenters. The van der Waals surface area contributed by atoms with Crippen molar-refractivity contribution in [3.63, 3.8) is 0 Å². The van der Waals surface area contributed by atoms with Crippen molar-refractivity contribution in [1.29, 1.82) is 0 Å². The summed E-state index contributed by atoms with van der Waals surface area (Å²) in [6.07, 6.45) is -0.181. The number of carboxylic acids is 1. The molecule has 1 aromatic rings. The second kappa shape index (κ2) is 6.70. The molecule has 0 saturated carbocycles. The Balaban J connectivity index is 3.00. The largest absolute Gasteiger partial charge is 0.478 e. The summed E-state index contributed by atoms with van der Waals surface area (Å²) in [7, 11) is 0. The van der Waals surface area contributed by atoms with Gasteiger partial charge in [-0.05, 0) is 19.9 Å². The number of hydrogen-bond donors (Lipinski definition) is 1. The molecule has 20 heavy (non-hydrogen) atoms. The van der Waals surface area contributed by atoms with Crippen LogP contribution in [0, 0.1) is 0 Å². The fraction of sp³-hybridized carbons (Fsp3) is 0.600. The summed E-state index contributed by atoms with van der Waals surface area (Å²) in [5.41, 5.74) is 0.631. The fourth-order valence-corrected chi connectivity index (χ4v) is 1.60. The van der Waals surface area contributed by atoms with Gasteiger partial charge >= 0.3 is 5.97 Å². The summed E-state index contributed by atoms with van der Waals surface area (Å²) < 4.78 is 10.9. The number of carboxylic acid groups (broad SMARTS) is 1. The third-order valence-electron chi connectivity index (χ3n) is 2.70. The van der Waals surface area contributed by atoms with Gasteiger partial charge in [0.05, 0.1) is 17.9 Å². The summed E-state index contributed by atoms with van der Waals surface area (Å²) in [5.74, 6) is -0.665. The zero-order valence-electron chi connectivity index (χ0n) is 12.8. The Bertz CT molecular complexity index is 465. The van der Waals surface area contributed by atoms with Gasteiger partial charge in [-0.25, -0.2) is 9.78 Å². The lowest BCUT2D eigenvalue weighted by atomic mass is 9.91. The molecule has 0 aromatic carbocycles. The molecule has 0 amide bonds. The molecule has 0 saturated heterocycles. The second-order valence-corrected chi connectivity index (χ2v) is 5.72. The van der Waals surface area contributed by atoms with Crippen LogP contribution in [0.25, 0.3) is 0 Å². The van der Waals surface area contributed by atoms with Crippen molar-refractivity contribution in [2.24, 2.45) is 0 Å². The van der Waals surface area contributed by atoms with Crippen molar-refractivity contribution in [3.05, 3.63) is 23.4 Å². The van der Waals surface area contributed by atoms with Gasteiger partial charge in [0.25, 0.3) is 0 Å². The zero-order valence-corrected chi connectivity index (χ0v) is 12.8. The SMILES string of the molecule is CCOCC(C)Oc1cc(C(=O)O)cc(C(C)(C)C)n1. The van der Waals surface area contributed by atoms with Crippen molar-refractivity contribution in [2.75, 3.05) is 13.2 Å². The predicted molar refractivity (Wildman–Crippen MR) is 76.5 cm³/mol. The number of hydrogen-bond acceptors (Lipinski definition) is 4. The Hall–Kier alpha value is -1.62. The maximum absolute atomic E-state index is 11.2. The van der Waals surface area contributed by atoms with E-state index in [1.807, 2.05) is 34.6 Å². The summed E-state index contributed by atoms with van der Waals surface area (Å²) in [5, 5.41) is 9.17. The van der Waals surface area contributed by atoms with Crippen molar-refractivity contribution in [2.45, 2.75) is 46.1 Å². The highest BCUT2D eigenvalue weighted by Gasteiger charge is 2.20. The van der Waals surface area contributed by atoms with Gasteiger partial charge < -0.3 is 14.6 Å². The van der Waals surface area contributed by atoms with E-state index in [0.29, 0.717) is 24.8 Å². The molecule has 112 valence electrons. The highest BCUT2D eigenvalue weighted by molar-refractivity contribution is 5.88. The van der Waals surface area contributed by atoms with Gasteiger partial charge in [0.15, 0.2) is 0 Å². The Labute approximate surface area is 119 Å². The second-order valence-electron chi connectivity index (χ2n) is 5.72. The van der Waals surface area contributed by atoms with Crippen LogP contribution in [0.4, 0.5) is 0 Å². The Morgan fingerprint density at radius 1 is 1.40 bits per heavy atom. The van der Waals surface area contributed by atoms with Crippen LogP contribution >= 0.6 is 0 Å². The van der Waals surface area contributed by atoms with E-state index in [9.17, 15) is 4.79 Å². The first kappa shape index (κ1) is 16.4. The van der Waals surface area contributed by atoms with E-state index in [0.717, 1.165) is 0 Å². The third-order valence-corrected chi connectivity index (χ3v) is 2.70. The quantitative estimate of drug-likeness (QED) is 0.868. The molecule has 0 spiro atoms. The molecule has 0 bridgehead atoms. The van der Waals surface area contributed by atoms with Crippen molar-refractivity contribution >= 4 is 5.97 Å². The van der Waals surface area contributed by atoms with Crippen molar-refractivity contribution in [1.82, 2.24) is 4.98 Å². The minimum absolute atomic E-state index is 0.181. The molecule has 1 aromatic heterocycles. The topological polar surface area (TPSA) is 68.7 Å². The summed E-state index contributed by atoms with van der Waals surface area (Å²) in [4.78, 5) is 15.6. The number of nitrogens with zero attached hydrogens (tertiary/aromatic N) is 1. The van der Waals surface area contributed by atoms with Crippen LogP contribution in [-0.4, -0.2) is 35.4 Å². The summed E-state index contributed by atoms with van der Waals surface area (Å²) in [6.45, 7) is 10.8. The lowest BCUT2D eigenvalue weighted by Gasteiger charge is -2.20. The zero-order chi connectivity index (χ0) is 15.3. The van der Waals surface area contributed by atoms with Crippen LogP contribution in [0.15, 0.2) is 12.1 Å². The van der Waals surface area contributed by atoms with Crippen LogP contribution < -0.4 is 4.74 Å². The Kier molecular flexibility index (Phi) is 5.51. The van der Waals surface area contributed by atoms with E-state index >= 15 is 0 Å². The van der Waals surface area contributed by atoms with Crippen LogP contribution in [-0.2, 0) is 10.2 Å². The molecule has 0 aliphatic rings.